The number of hydrogen-bond donors (Lipinski definition) is 2. The Bertz CT molecular complexity index is 619. The van der Waals surface area contributed by atoms with Gasteiger partial charge in [0.15, 0.2) is 11.5 Å². The summed E-state index contributed by atoms with van der Waals surface area (Å²) in [5, 5.41) is 17.3. The molecule has 2 aromatic rings. The van der Waals surface area contributed by atoms with Gasteiger partial charge in [0, 0.05) is 18.7 Å². The highest BCUT2D eigenvalue weighted by atomic mass is 16.7. The van der Waals surface area contributed by atoms with Crippen molar-refractivity contribution in [3.05, 3.63) is 40.8 Å². The van der Waals surface area contributed by atoms with Gasteiger partial charge in [0.1, 0.15) is 5.76 Å². The van der Waals surface area contributed by atoms with Crippen molar-refractivity contribution in [2.45, 2.75) is 26.5 Å². The van der Waals surface area contributed by atoms with E-state index in [0.717, 1.165) is 28.3 Å². The second-order valence-corrected chi connectivity index (χ2v) is 5.06. The second-order valence-electron chi connectivity index (χ2n) is 5.06. The van der Waals surface area contributed by atoms with Gasteiger partial charge in [-0.25, -0.2) is 0 Å². The topological polar surface area (TPSA) is 76.8 Å². The standard InChI is InChI=1S/C15H18N2O4/c1-9-12(10(2)21-17-9)6-16-7-13(18)11-3-4-14-15(5-11)20-8-19-14/h3-5,13,16,18H,6-8H2,1-2H3. The van der Waals surface area contributed by atoms with Crippen molar-refractivity contribution >= 4 is 0 Å². The van der Waals surface area contributed by atoms with Crippen LogP contribution in [-0.2, 0) is 6.54 Å². The van der Waals surface area contributed by atoms with Gasteiger partial charge in [0.2, 0.25) is 6.79 Å². The number of hydrogen-bond acceptors (Lipinski definition) is 6. The minimum atomic E-state index is -0.611. The average molecular weight is 290 g/mol. The maximum atomic E-state index is 10.2. The monoisotopic (exact) mass is 290 g/mol. The molecule has 0 aliphatic carbocycles. The van der Waals surface area contributed by atoms with E-state index in [1.165, 1.54) is 0 Å². The van der Waals surface area contributed by atoms with E-state index in [1.807, 2.05) is 32.0 Å². The molecule has 1 atom stereocenters. The Morgan fingerprint density at radius 2 is 2.10 bits per heavy atom. The van der Waals surface area contributed by atoms with Crippen LogP contribution in [0.1, 0.15) is 28.7 Å². The second kappa shape index (κ2) is 5.75. The number of aliphatic hydroxyl groups is 1. The van der Waals surface area contributed by atoms with Crippen LogP contribution < -0.4 is 14.8 Å². The van der Waals surface area contributed by atoms with Gasteiger partial charge < -0.3 is 24.4 Å². The Kier molecular flexibility index (Phi) is 3.81. The van der Waals surface area contributed by atoms with Crippen molar-refractivity contribution in [1.29, 1.82) is 0 Å². The van der Waals surface area contributed by atoms with E-state index in [-0.39, 0.29) is 6.79 Å². The van der Waals surface area contributed by atoms with E-state index in [9.17, 15) is 5.11 Å². The van der Waals surface area contributed by atoms with Gasteiger partial charge in [-0.15, -0.1) is 0 Å². The number of ether oxygens (including phenoxy) is 2. The SMILES string of the molecule is Cc1noc(C)c1CNCC(O)c1ccc2c(c1)OCO2. The summed E-state index contributed by atoms with van der Waals surface area (Å²) >= 11 is 0. The number of fused-ring (bicyclic) bond motifs is 1. The van der Waals surface area contributed by atoms with Crippen LogP contribution in [0.15, 0.2) is 22.7 Å². The number of benzene rings is 1. The molecule has 0 bridgehead atoms. The lowest BCUT2D eigenvalue weighted by atomic mass is 10.1. The zero-order valence-electron chi connectivity index (χ0n) is 12.0. The number of rotatable bonds is 5. The molecule has 2 heterocycles. The zero-order chi connectivity index (χ0) is 14.8. The Hall–Kier alpha value is -2.05. The Labute approximate surface area is 122 Å². The molecule has 3 rings (SSSR count). The molecular formula is C15H18N2O4. The molecule has 0 saturated heterocycles. The Morgan fingerprint density at radius 1 is 1.29 bits per heavy atom. The van der Waals surface area contributed by atoms with Gasteiger partial charge >= 0.3 is 0 Å². The highest BCUT2D eigenvalue weighted by molar-refractivity contribution is 5.45. The molecule has 1 aliphatic heterocycles. The molecule has 0 amide bonds. The Balaban J connectivity index is 1.58. The van der Waals surface area contributed by atoms with Gasteiger partial charge in [-0.1, -0.05) is 11.2 Å². The van der Waals surface area contributed by atoms with Gasteiger partial charge in [-0.3, -0.25) is 0 Å². The molecule has 0 fully saturated rings. The highest BCUT2D eigenvalue weighted by Crippen LogP contribution is 2.34. The molecule has 112 valence electrons. The van der Waals surface area contributed by atoms with Crippen LogP contribution in [0.2, 0.25) is 0 Å². The lowest BCUT2D eigenvalue weighted by Gasteiger charge is -2.12. The fourth-order valence-electron chi connectivity index (χ4n) is 2.33. The Morgan fingerprint density at radius 3 is 2.86 bits per heavy atom. The first-order valence-corrected chi connectivity index (χ1v) is 6.85. The molecule has 0 spiro atoms. The van der Waals surface area contributed by atoms with Crippen molar-refractivity contribution in [3.63, 3.8) is 0 Å². The van der Waals surface area contributed by atoms with Crippen LogP contribution in [0, 0.1) is 13.8 Å². The normalized spacial score (nSPS) is 14.4. The van der Waals surface area contributed by atoms with Crippen molar-refractivity contribution in [3.8, 4) is 11.5 Å². The molecule has 6 heteroatoms. The molecule has 0 saturated carbocycles. The van der Waals surface area contributed by atoms with Gasteiger partial charge in [0.25, 0.3) is 0 Å². The third-order valence-electron chi connectivity index (χ3n) is 3.60. The van der Waals surface area contributed by atoms with E-state index in [0.29, 0.717) is 18.8 Å². The number of aryl methyl sites for hydroxylation is 2. The van der Waals surface area contributed by atoms with Gasteiger partial charge in [-0.2, -0.15) is 0 Å². The molecular weight excluding hydrogens is 272 g/mol. The van der Waals surface area contributed by atoms with Crippen LogP contribution in [0.3, 0.4) is 0 Å². The number of aliphatic hydroxyl groups excluding tert-OH is 1. The lowest BCUT2D eigenvalue weighted by molar-refractivity contribution is 0.170. The van der Waals surface area contributed by atoms with E-state index in [2.05, 4.69) is 10.5 Å². The average Bonchev–Trinajstić information content (AvgIpc) is 3.07. The van der Waals surface area contributed by atoms with Gasteiger partial charge in [-0.05, 0) is 31.5 Å². The van der Waals surface area contributed by atoms with Gasteiger partial charge in [0.05, 0.1) is 11.8 Å². The third kappa shape index (κ3) is 2.86. The fourth-order valence-corrected chi connectivity index (χ4v) is 2.33. The van der Waals surface area contributed by atoms with E-state index < -0.39 is 6.10 Å². The quantitative estimate of drug-likeness (QED) is 0.875. The largest absolute Gasteiger partial charge is 0.454 e. The van der Waals surface area contributed by atoms with Crippen molar-refractivity contribution in [2.24, 2.45) is 0 Å². The van der Waals surface area contributed by atoms with Crippen molar-refractivity contribution in [1.82, 2.24) is 10.5 Å². The summed E-state index contributed by atoms with van der Waals surface area (Å²) in [5.41, 5.74) is 2.70. The summed E-state index contributed by atoms with van der Waals surface area (Å²) < 4.78 is 15.7. The molecule has 1 aliphatic rings. The molecule has 6 nitrogen and oxygen atoms in total. The third-order valence-corrected chi connectivity index (χ3v) is 3.60. The predicted octanol–water partition coefficient (Wildman–Crippen LogP) is 1.84. The fraction of sp³-hybridized carbons (Fsp3) is 0.400. The first-order valence-electron chi connectivity index (χ1n) is 6.85. The summed E-state index contributed by atoms with van der Waals surface area (Å²) in [5.74, 6) is 2.20. The number of aromatic nitrogens is 1. The van der Waals surface area contributed by atoms with Crippen molar-refractivity contribution in [2.75, 3.05) is 13.3 Å². The minimum Gasteiger partial charge on any atom is -0.454 e. The molecule has 0 radical (unpaired) electrons. The van der Waals surface area contributed by atoms with E-state index >= 15 is 0 Å². The highest BCUT2D eigenvalue weighted by Gasteiger charge is 2.17. The maximum Gasteiger partial charge on any atom is 0.231 e. The smallest absolute Gasteiger partial charge is 0.231 e. The van der Waals surface area contributed by atoms with Crippen LogP contribution >= 0.6 is 0 Å². The molecule has 1 unspecified atom stereocenters. The summed E-state index contributed by atoms with van der Waals surface area (Å²) in [6.07, 6.45) is -0.611. The first-order chi connectivity index (χ1) is 10.1. The van der Waals surface area contributed by atoms with E-state index in [1.54, 1.807) is 0 Å². The number of nitrogens with one attached hydrogen (secondary N) is 1. The van der Waals surface area contributed by atoms with Crippen molar-refractivity contribution < 1.29 is 19.1 Å². The summed E-state index contributed by atoms with van der Waals surface area (Å²) in [7, 11) is 0. The van der Waals surface area contributed by atoms with Crippen LogP contribution in [0.5, 0.6) is 11.5 Å². The molecule has 21 heavy (non-hydrogen) atoms. The van der Waals surface area contributed by atoms with E-state index in [4.69, 9.17) is 14.0 Å². The van der Waals surface area contributed by atoms with Crippen LogP contribution in [-0.4, -0.2) is 23.6 Å². The summed E-state index contributed by atoms with van der Waals surface area (Å²) in [6, 6.07) is 5.47. The first kappa shape index (κ1) is 13.9. The summed E-state index contributed by atoms with van der Waals surface area (Å²) in [6.45, 7) is 5.07. The summed E-state index contributed by atoms with van der Waals surface area (Å²) in [4.78, 5) is 0. The van der Waals surface area contributed by atoms with Crippen LogP contribution in [0.25, 0.3) is 0 Å². The molecule has 1 aromatic carbocycles. The molecule has 1 aromatic heterocycles. The zero-order valence-corrected chi connectivity index (χ0v) is 12.0. The molecule has 2 N–H and O–H groups in total. The lowest BCUT2D eigenvalue weighted by Crippen LogP contribution is -2.21. The number of nitrogens with zero attached hydrogens (tertiary/aromatic N) is 1. The van der Waals surface area contributed by atoms with Crippen LogP contribution in [0.4, 0.5) is 0 Å². The minimum absolute atomic E-state index is 0.235. The predicted molar refractivity (Wildman–Crippen MR) is 75.2 cm³/mol. The maximum absolute atomic E-state index is 10.2.